The lowest BCUT2D eigenvalue weighted by molar-refractivity contribution is 0.533. The lowest BCUT2D eigenvalue weighted by Gasteiger charge is -2.10. The Morgan fingerprint density at radius 3 is 2.80 bits per heavy atom. The van der Waals surface area contributed by atoms with Crippen molar-refractivity contribution in [2.24, 2.45) is 0 Å². The van der Waals surface area contributed by atoms with E-state index < -0.39 is 0 Å². The van der Waals surface area contributed by atoms with E-state index in [1.165, 1.54) is 11.8 Å². The van der Waals surface area contributed by atoms with Crippen LogP contribution in [-0.2, 0) is 0 Å². The molecular weight excluding hydrogens is 212 g/mol. The second-order valence-electron chi connectivity index (χ2n) is 3.57. The second-order valence-corrected chi connectivity index (χ2v) is 4.97. The fourth-order valence-electron chi connectivity index (χ4n) is 1.18. The largest absolute Gasteiger partial charge is 0.344 e. The highest BCUT2D eigenvalue weighted by Gasteiger charge is 2.14. The van der Waals surface area contributed by atoms with Gasteiger partial charge in [-0.05, 0) is 13.8 Å². The zero-order valence-corrected chi connectivity index (χ0v) is 9.84. The average molecular weight is 226 g/mol. The van der Waals surface area contributed by atoms with Gasteiger partial charge >= 0.3 is 5.69 Å². The summed E-state index contributed by atoms with van der Waals surface area (Å²) in [5, 5.41) is 15.7. The van der Waals surface area contributed by atoms with Gasteiger partial charge in [0.15, 0.2) is 5.16 Å². The molecule has 0 aliphatic rings. The topological polar surface area (TPSA) is 74.5 Å². The van der Waals surface area contributed by atoms with Gasteiger partial charge in [0.1, 0.15) is 0 Å². The summed E-state index contributed by atoms with van der Waals surface area (Å²) in [5.74, 6) is 0. The smallest absolute Gasteiger partial charge is 0.268 e. The van der Waals surface area contributed by atoms with Crippen LogP contribution in [0.1, 0.15) is 33.2 Å². The number of hydrogen-bond donors (Lipinski definition) is 1. The summed E-state index contributed by atoms with van der Waals surface area (Å²) in [7, 11) is 0. The third-order valence-electron chi connectivity index (χ3n) is 1.87. The van der Waals surface area contributed by atoms with E-state index in [-0.39, 0.29) is 17.0 Å². The van der Waals surface area contributed by atoms with Gasteiger partial charge in [-0.25, -0.2) is 9.89 Å². The number of H-pyrrole nitrogens is 1. The van der Waals surface area contributed by atoms with Gasteiger partial charge in [-0.1, -0.05) is 18.7 Å². The van der Waals surface area contributed by atoms with Crippen LogP contribution in [0, 0.1) is 11.3 Å². The Morgan fingerprint density at radius 2 is 2.27 bits per heavy atom. The van der Waals surface area contributed by atoms with Gasteiger partial charge in [-0.2, -0.15) is 5.26 Å². The van der Waals surface area contributed by atoms with Crippen LogP contribution in [0.3, 0.4) is 0 Å². The molecule has 0 fully saturated rings. The first-order valence-corrected chi connectivity index (χ1v) is 5.64. The molecule has 5 nitrogen and oxygen atoms in total. The Bertz CT molecular complexity index is 414. The van der Waals surface area contributed by atoms with Crippen LogP contribution in [0.15, 0.2) is 9.95 Å². The number of nitrogens with one attached hydrogen (secondary N) is 1. The third-order valence-corrected chi connectivity index (χ3v) is 2.94. The number of aromatic nitrogens is 3. The molecule has 1 aromatic heterocycles. The first-order valence-electron chi connectivity index (χ1n) is 4.76. The third kappa shape index (κ3) is 2.86. The Labute approximate surface area is 92.5 Å². The molecule has 0 aliphatic carbocycles. The SMILES string of the molecule is CC(CC#N)Sc1n[nH]c(=O)n1C(C)C. The zero-order valence-electron chi connectivity index (χ0n) is 9.02. The number of rotatable bonds is 4. The molecule has 1 atom stereocenters. The fraction of sp³-hybridized carbons (Fsp3) is 0.667. The maximum atomic E-state index is 11.4. The van der Waals surface area contributed by atoms with E-state index in [1.54, 1.807) is 4.57 Å². The number of hydrogen-bond acceptors (Lipinski definition) is 4. The molecule has 15 heavy (non-hydrogen) atoms. The van der Waals surface area contributed by atoms with E-state index in [2.05, 4.69) is 16.3 Å². The molecule has 0 aromatic carbocycles. The summed E-state index contributed by atoms with van der Waals surface area (Å²) in [6, 6.07) is 2.17. The van der Waals surface area contributed by atoms with Gasteiger partial charge in [0.25, 0.3) is 0 Å². The van der Waals surface area contributed by atoms with Gasteiger partial charge in [-0.3, -0.25) is 4.57 Å². The quantitative estimate of drug-likeness (QED) is 0.790. The molecule has 0 saturated carbocycles. The van der Waals surface area contributed by atoms with Crippen LogP contribution in [0.5, 0.6) is 0 Å². The van der Waals surface area contributed by atoms with Crippen molar-refractivity contribution in [3.8, 4) is 6.07 Å². The van der Waals surface area contributed by atoms with Crippen molar-refractivity contribution in [2.75, 3.05) is 0 Å². The monoisotopic (exact) mass is 226 g/mol. The molecule has 0 aliphatic heterocycles. The van der Waals surface area contributed by atoms with Gasteiger partial charge in [-0.15, -0.1) is 5.10 Å². The molecule has 1 heterocycles. The molecule has 0 bridgehead atoms. The van der Waals surface area contributed by atoms with Crippen LogP contribution in [0.2, 0.25) is 0 Å². The molecule has 0 amide bonds. The predicted octanol–water partition coefficient (Wildman–Crippen LogP) is 1.55. The molecule has 1 aromatic rings. The molecule has 1 rings (SSSR count). The summed E-state index contributed by atoms with van der Waals surface area (Å²) in [6.07, 6.45) is 0.448. The number of aromatic amines is 1. The lowest BCUT2D eigenvalue weighted by Crippen LogP contribution is -2.19. The molecular formula is C9H14N4OS. The van der Waals surface area contributed by atoms with Crippen LogP contribution in [0.4, 0.5) is 0 Å². The Balaban J connectivity index is 2.87. The number of nitriles is 1. The molecule has 1 N–H and O–H groups in total. The summed E-state index contributed by atoms with van der Waals surface area (Å²) in [5.41, 5.74) is -0.198. The van der Waals surface area contributed by atoms with Crippen LogP contribution in [0.25, 0.3) is 0 Å². The zero-order chi connectivity index (χ0) is 11.4. The predicted molar refractivity (Wildman–Crippen MR) is 58.8 cm³/mol. The highest BCUT2D eigenvalue weighted by Crippen LogP contribution is 2.23. The van der Waals surface area contributed by atoms with Crippen molar-refractivity contribution in [3.05, 3.63) is 10.5 Å². The standard InChI is InChI=1S/C9H14N4OS/c1-6(2)13-8(14)11-12-9(13)15-7(3)4-5-10/h6-7H,4H2,1-3H3,(H,11,14). The van der Waals surface area contributed by atoms with Gasteiger partial charge < -0.3 is 0 Å². The minimum Gasteiger partial charge on any atom is -0.268 e. The highest BCUT2D eigenvalue weighted by molar-refractivity contribution is 7.99. The maximum Gasteiger partial charge on any atom is 0.344 e. The molecule has 0 spiro atoms. The number of thioether (sulfide) groups is 1. The maximum absolute atomic E-state index is 11.4. The van der Waals surface area contributed by atoms with Crippen LogP contribution >= 0.6 is 11.8 Å². The summed E-state index contributed by atoms with van der Waals surface area (Å²) < 4.78 is 1.60. The number of nitrogens with zero attached hydrogens (tertiary/aromatic N) is 3. The molecule has 0 radical (unpaired) electrons. The van der Waals surface area contributed by atoms with E-state index in [0.29, 0.717) is 11.6 Å². The minimum atomic E-state index is -0.198. The second kappa shape index (κ2) is 5.03. The van der Waals surface area contributed by atoms with Crippen molar-refractivity contribution in [2.45, 2.75) is 43.6 Å². The van der Waals surface area contributed by atoms with Crippen molar-refractivity contribution in [1.82, 2.24) is 14.8 Å². The highest BCUT2D eigenvalue weighted by atomic mass is 32.2. The van der Waals surface area contributed by atoms with Crippen molar-refractivity contribution >= 4 is 11.8 Å². The normalized spacial score (nSPS) is 12.7. The van der Waals surface area contributed by atoms with Crippen molar-refractivity contribution < 1.29 is 0 Å². The Morgan fingerprint density at radius 1 is 1.60 bits per heavy atom. The van der Waals surface area contributed by atoms with E-state index in [1.807, 2.05) is 20.8 Å². The van der Waals surface area contributed by atoms with Crippen molar-refractivity contribution in [3.63, 3.8) is 0 Å². The van der Waals surface area contributed by atoms with E-state index in [4.69, 9.17) is 5.26 Å². The van der Waals surface area contributed by atoms with Crippen molar-refractivity contribution in [1.29, 1.82) is 5.26 Å². The van der Waals surface area contributed by atoms with Crippen LogP contribution < -0.4 is 5.69 Å². The molecule has 82 valence electrons. The van der Waals surface area contributed by atoms with E-state index in [9.17, 15) is 4.79 Å². The average Bonchev–Trinajstić information content (AvgIpc) is 2.47. The van der Waals surface area contributed by atoms with Gasteiger partial charge in [0.2, 0.25) is 0 Å². The fourth-order valence-corrected chi connectivity index (χ4v) is 2.20. The molecule has 0 saturated heterocycles. The van der Waals surface area contributed by atoms with Crippen LogP contribution in [-0.4, -0.2) is 20.0 Å². The lowest BCUT2D eigenvalue weighted by atomic mass is 10.4. The Kier molecular flexibility index (Phi) is 3.97. The van der Waals surface area contributed by atoms with Gasteiger partial charge in [0.05, 0.1) is 6.07 Å². The first-order chi connectivity index (χ1) is 7.06. The van der Waals surface area contributed by atoms with E-state index >= 15 is 0 Å². The molecule has 1 unspecified atom stereocenters. The minimum absolute atomic E-state index is 0.0769. The summed E-state index contributed by atoms with van der Waals surface area (Å²) in [6.45, 7) is 5.80. The first kappa shape index (κ1) is 11.9. The molecule has 6 heteroatoms. The summed E-state index contributed by atoms with van der Waals surface area (Å²) >= 11 is 1.44. The van der Waals surface area contributed by atoms with Gasteiger partial charge in [0, 0.05) is 17.7 Å². The Hall–Kier alpha value is -1.22. The van der Waals surface area contributed by atoms with E-state index in [0.717, 1.165) is 0 Å². The summed E-state index contributed by atoms with van der Waals surface area (Å²) in [4.78, 5) is 11.4.